The minimum atomic E-state index is -0.967. The van der Waals surface area contributed by atoms with Crippen molar-refractivity contribution in [3.05, 3.63) is 23.8 Å². The molecular formula is C35H62N8O4. The van der Waals surface area contributed by atoms with Crippen LogP contribution < -0.4 is 31.9 Å². The number of fused-ring (bicyclic) bond motifs is 2. The molecule has 0 radical (unpaired) electrons. The van der Waals surface area contributed by atoms with E-state index in [1.807, 2.05) is 0 Å². The van der Waals surface area contributed by atoms with Crippen LogP contribution in [0.3, 0.4) is 0 Å². The Hall–Kier alpha value is -1.58. The number of nitrogens with one attached hydrogen (secondary N) is 4. The summed E-state index contributed by atoms with van der Waals surface area (Å²) in [6.07, 6.45) is 6.87. The number of ether oxygens (including phenoxy) is 2. The van der Waals surface area contributed by atoms with Gasteiger partial charge in [-0.15, -0.1) is 0 Å². The highest BCUT2D eigenvalue weighted by atomic mass is 16.6. The van der Waals surface area contributed by atoms with Gasteiger partial charge in [-0.1, -0.05) is 46.1 Å². The Morgan fingerprint density at radius 1 is 1.09 bits per heavy atom. The van der Waals surface area contributed by atoms with Crippen LogP contribution in [0.25, 0.3) is 0 Å². The highest BCUT2D eigenvalue weighted by Gasteiger charge is 2.52. The third kappa shape index (κ3) is 7.47. The fraction of sp³-hybridized carbons (Fsp3) is 0.829. The molecular weight excluding hydrogens is 596 g/mol. The Morgan fingerprint density at radius 3 is 2.66 bits per heavy atom. The van der Waals surface area contributed by atoms with Crippen molar-refractivity contribution in [3.8, 4) is 0 Å². The molecule has 0 amide bonds. The lowest BCUT2D eigenvalue weighted by atomic mass is 9.76. The average molecular weight is 659 g/mol. The number of nitrogens with zero attached hydrogens (tertiary/aromatic N) is 3. The van der Waals surface area contributed by atoms with E-state index in [4.69, 9.17) is 15.2 Å². The molecule has 0 bridgehead atoms. The summed E-state index contributed by atoms with van der Waals surface area (Å²) in [5, 5.41) is 35.9. The van der Waals surface area contributed by atoms with Gasteiger partial charge >= 0.3 is 0 Å². The lowest BCUT2D eigenvalue weighted by Gasteiger charge is -2.43. The van der Waals surface area contributed by atoms with Crippen molar-refractivity contribution in [2.45, 2.75) is 133 Å². The van der Waals surface area contributed by atoms with Crippen molar-refractivity contribution in [2.75, 3.05) is 57.4 Å². The number of hydrogen-bond donors (Lipinski definition) is 7. The van der Waals surface area contributed by atoms with Gasteiger partial charge in [0.25, 0.3) is 0 Å². The predicted molar refractivity (Wildman–Crippen MR) is 186 cm³/mol. The van der Waals surface area contributed by atoms with Crippen molar-refractivity contribution >= 4 is 11.4 Å². The number of aliphatic hydroxyl groups is 2. The van der Waals surface area contributed by atoms with Crippen molar-refractivity contribution in [1.29, 1.82) is 0 Å². The van der Waals surface area contributed by atoms with Gasteiger partial charge in [-0.05, 0) is 62.8 Å². The molecule has 1 saturated carbocycles. The first kappa shape index (κ1) is 35.3. The van der Waals surface area contributed by atoms with Crippen LogP contribution in [0.15, 0.2) is 18.2 Å². The maximum Gasteiger partial charge on any atom is 0.142 e. The topological polar surface area (TPSA) is 143 Å². The third-order valence-electron chi connectivity index (χ3n) is 11.6. The summed E-state index contributed by atoms with van der Waals surface area (Å²) < 4.78 is 11.9. The molecule has 8 atom stereocenters. The van der Waals surface area contributed by atoms with E-state index in [1.54, 1.807) is 7.11 Å². The van der Waals surface area contributed by atoms with Gasteiger partial charge in [0.05, 0.1) is 49.2 Å². The number of likely N-dealkylation sites (N-methyl/N-ethyl adjacent to an activating group) is 1. The Balaban J connectivity index is 0.989. The Labute approximate surface area is 282 Å². The van der Waals surface area contributed by atoms with Crippen LogP contribution in [-0.4, -0.2) is 122 Å². The molecule has 8 N–H and O–H groups in total. The highest BCUT2D eigenvalue weighted by molar-refractivity contribution is 5.77. The Bertz CT molecular complexity index is 1170. The zero-order chi connectivity index (χ0) is 33.3. The van der Waals surface area contributed by atoms with Gasteiger partial charge in [-0.25, -0.2) is 4.90 Å². The van der Waals surface area contributed by atoms with E-state index >= 15 is 0 Å². The number of methoxy groups -OCH3 is 1. The van der Waals surface area contributed by atoms with Crippen molar-refractivity contribution < 1.29 is 19.7 Å². The molecule has 0 aromatic heterocycles. The summed E-state index contributed by atoms with van der Waals surface area (Å²) in [5.74, 6) is 0.696. The summed E-state index contributed by atoms with van der Waals surface area (Å²) in [6, 6.07) is 7.44. The summed E-state index contributed by atoms with van der Waals surface area (Å²) >= 11 is 0. The first-order valence-electron chi connectivity index (χ1n) is 18.2. The molecule has 1 aromatic carbocycles. The maximum atomic E-state index is 11.0. The summed E-state index contributed by atoms with van der Waals surface area (Å²) in [4.78, 5) is 7.00. The molecule has 4 heterocycles. The molecule has 12 nitrogen and oxygen atoms in total. The van der Waals surface area contributed by atoms with Crippen LogP contribution in [0.5, 0.6) is 0 Å². The smallest absolute Gasteiger partial charge is 0.142 e. The average Bonchev–Trinajstić information content (AvgIpc) is 3.69. The molecule has 1 aliphatic carbocycles. The van der Waals surface area contributed by atoms with Crippen LogP contribution in [0, 0.1) is 5.92 Å². The van der Waals surface area contributed by atoms with E-state index in [0.29, 0.717) is 44.6 Å². The number of anilines is 2. The minimum Gasteiger partial charge on any atom is -0.387 e. The van der Waals surface area contributed by atoms with Gasteiger partial charge in [0.15, 0.2) is 0 Å². The molecule has 1 aromatic rings. The zero-order valence-electron chi connectivity index (χ0n) is 29.3. The van der Waals surface area contributed by atoms with E-state index in [2.05, 4.69) is 82.0 Å². The van der Waals surface area contributed by atoms with Gasteiger partial charge in [-0.2, -0.15) is 0 Å². The second-order valence-electron chi connectivity index (χ2n) is 15.5. The predicted octanol–water partition coefficient (Wildman–Crippen LogP) is 1.68. The van der Waals surface area contributed by atoms with E-state index in [0.717, 1.165) is 25.8 Å². The van der Waals surface area contributed by atoms with Gasteiger partial charge in [0, 0.05) is 38.3 Å². The molecule has 4 aliphatic heterocycles. The number of hydrogen-bond acceptors (Lipinski definition) is 12. The van der Waals surface area contributed by atoms with Gasteiger partial charge < -0.3 is 40.5 Å². The molecule has 4 fully saturated rings. The van der Waals surface area contributed by atoms with Gasteiger partial charge in [0.2, 0.25) is 0 Å². The zero-order valence-corrected chi connectivity index (χ0v) is 29.3. The van der Waals surface area contributed by atoms with Gasteiger partial charge in [0.1, 0.15) is 24.5 Å². The first-order valence-corrected chi connectivity index (χ1v) is 18.2. The van der Waals surface area contributed by atoms with Crippen LogP contribution in [0.4, 0.5) is 11.4 Å². The standard InChI is InChI=1S/C35H62N8O4/c1-6-7-8-9-14-42-26-12-11-23(35(2,3)19-46-5)17-25(26)40-28(42)13-10-22-15-24(16-22)41(4)18-27-30(44)31(45)34(47-27)43-21-39-29-32(36)37-20-38-33(29)43/h11-12,17,22,24,27-34,37-40,44-45H,6-10,13-16,18-21,36H2,1-5H3. The molecule has 3 saturated heterocycles. The monoisotopic (exact) mass is 658 g/mol. The summed E-state index contributed by atoms with van der Waals surface area (Å²) in [5.41, 5.74) is 10.1. The van der Waals surface area contributed by atoms with Crippen LogP contribution in [0.2, 0.25) is 0 Å². The Morgan fingerprint density at radius 2 is 1.89 bits per heavy atom. The molecule has 8 unspecified atom stereocenters. The van der Waals surface area contributed by atoms with Crippen LogP contribution in [0.1, 0.15) is 77.7 Å². The van der Waals surface area contributed by atoms with Gasteiger partial charge in [-0.3, -0.25) is 16.0 Å². The number of benzene rings is 1. The van der Waals surface area contributed by atoms with E-state index in [9.17, 15) is 10.2 Å². The second kappa shape index (κ2) is 15.1. The largest absolute Gasteiger partial charge is 0.387 e. The lowest BCUT2D eigenvalue weighted by molar-refractivity contribution is -0.108. The number of aliphatic hydroxyl groups excluding tert-OH is 2. The molecule has 6 rings (SSSR count). The maximum absolute atomic E-state index is 11.0. The highest BCUT2D eigenvalue weighted by Crippen LogP contribution is 2.42. The SMILES string of the molecule is CCCCCCN1c2ccc(C(C)(C)COC)cc2NC1CCC1CC(N(C)CC2OC(N3CNC4C(N)NCNC43)C(O)C2O)C1. The molecule has 47 heavy (non-hydrogen) atoms. The Kier molecular flexibility index (Phi) is 11.3. The van der Waals surface area contributed by atoms with Crippen LogP contribution in [-0.2, 0) is 14.9 Å². The normalized spacial score (nSPS) is 35.6. The molecule has 5 aliphatic rings. The first-order chi connectivity index (χ1) is 22.6. The number of unbranched alkanes of at least 4 members (excludes halogenated alkanes) is 3. The van der Waals surface area contributed by atoms with Crippen molar-refractivity contribution in [3.63, 3.8) is 0 Å². The second-order valence-corrected chi connectivity index (χ2v) is 15.5. The number of rotatable bonds is 15. The lowest BCUT2D eigenvalue weighted by Crippen LogP contribution is -2.68. The quantitative estimate of drug-likeness (QED) is 0.138. The third-order valence-corrected chi connectivity index (χ3v) is 11.6. The van der Waals surface area contributed by atoms with E-state index in [-0.39, 0.29) is 23.8 Å². The van der Waals surface area contributed by atoms with E-state index < -0.39 is 24.5 Å². The van der Waals surface area contributed by atoms with Crippen molar-refractivity contribution in [2.24, 2.45) is 11.7 Å². The minimum absolute atomic E-state index is 0.0116. The number of nitrogens with two attached hydrogens (primary N) is 1. The molecule has 12 heteroatoms. The fourth-order valence-electron chi connectivity index (χ4n) is 8.53. The molecule has 0 spiro atoms. The summed E-state index contributed by atoms with van der Waals surface area (Å²) in [7, 11) is 3.91. The summed E-state index contributed by atoms with van der Waals surface area (Å²) in [6.45, 7) is 10.3. The van der Waals surface area contributed by atoms with Crippen molar-refractivity contribution in [1.82, 2.24) is 25.8 Å². The van der Waals surface area contributed by atoms with E-state index in [1.165, 1.54) is 49.0 Å². The molecule has 266 valence electrons. The fourth-order valence-corrected chi connectivity index (χ4v) is 8.53. The van der Waals surface area contributed by atoms with Crippen LogP contribution >= 0.6 is 0 Å².